The summed E-state index contributed by atoms with van der Waals surface area (Å²) >= 11 is 0. The van der Waals surface area contributed by atoms with Crippen LogP contribution in [0.25, 0.3) is 10.8 Å². The number of hydrogen-bond donors (Lipinski definition) is 1. The number of carbonyl (C=O) groups is 1. The van der Waals surface area contributed by atoms with E-state index in [1.165, 1.54) is 0 Å². The number of carbonyl (C=O) groups excluding carboxylic acids is 1. The molecule has 1 atom stereocenters. The Morgan fingerprint density at radius 1 is 1.30 bits per heavy atom. The first kappa shape index (κ1) is 14.3. The molecule has 0 heterocycles. The highest BCUT2D eigenvalue weighted by molar-refractivity contribution is 5.91. The van der Waals surface area contributed by atoms with Gasteiger partial charge in [-0.25, -0.2) is 4.79 Å². The molecular weight excluding hydrogens is 250 g/mol. The maximum Gasteiger partial charge on any atom is 0.327 e. The number of rotatable bonds is 6. The van der Waals surface area contributed by atoms with Crippen molar-refractivity contribution < 1.29 is 9.53 Å². The van der Waals surface area contributed by atoms with Gasteiger partial charge in [0.15, 0.2) is 0 Å². The second-order valence-electron chi connectivity index (χ2n) is 4.45. The third-order valence-corrected chi connectivity index (χ3v) is 3.12. The van der Waals surface area contributed by atoms with E-state index in [9.17, 15) is 4.79 Å². The minimum absolute atomic E-state index is 0.259. The molecule has 1 N–H and O–H groups in total. The van der Waals surface area contributed by atoms with Gasteiger partial charge in [0, 0.05) is 6.54 Å². The molecular formula is C17H19NO2. The fourth-order valence-corrected chi connectivity index (χ4v) is 2.25. The number of hydrogen-bond acceptors (Lipinski definition) is 3. The molecule has 0 radical (unpaired) electrons. The van der Waals surface area contributed by atoms with E-state index in [0.29, 0.717) is 13.2 Å². The molecule has 3 heteroatoms. The standard InChI is InChI=1S/C17H19NO2/c1-3-12-18-16(17(19)20-4-2)15-11-7-9-13-8-5-6-10-14(13)15/h3,5-11,16,18H,1,4,12H2,2H3. The molecule has 0 fully saturated rings. The molecule has 0 saturated heterocycles. The van der Waals surface area contributed by atoms with Gasteiger partial charge in [0.2, 0.25) is 0 Å². The van der Waals surface area contributed by atoms with Crippen LogP contribution in [0.3, 0.4) is 0 Å². The Kier molecular flexibility index (Phi) is 4.91. The predicted molar refractivity (Wildman–Crippen MR) is 81.5 cm³/mol. The molecule has 0 spiro atoms. The van der Waals surface area contributed by atoms with Gasteiger partial charge in [-0.15, -0.1) is 6.58 Å². The average molecular weight is 269 g/mol. The number of nitrogens with one attached hydrogen (secondary N) is 1. The van der Waals surface area contributed by atoms with Crippen molar-refractivity contribution in [2.24, 2.45) is 0 Å². The van der Waals surface area contributed by atoms with Crippen LogP contribution < -0.4 is 5.32 Å². The van der Waals surface area contributed by atoms with Gasteiger partial charge in [-0.05, 0) is 23.3 Å². The van der Waals surface area contributed by atoms with E-state index >= 15 is 0 Å². The molecule has 1 unspecified atom stereocenters. The largest absolute Gasteiger partial charge is 0.465 e. The van der Waals surface area contributed by atoms with Crippen molar-refractivity contribution >= 4 is 16.7 Å². The molecule has 0 aliphatic carbocycles. The van der Waals surface area contributed by atoms with Gasteiger partial charge in [0.25, 0.3) is 0 Å². The van der Waals surface area contributed by atoms with Crippen LogP contribution in [0.1, 0.15) is 18.5 Å². The van der Waals surface area contributed by atoms with Crippen molar-refractivity contribution in [2.45, 2.75) is 13.0 Å². The summed E-state index contributed by atoms with van der Waals surface area (Å²) in [6, 6.07) is 13.5. The Labute approximate surface area is 119 Å². The lowest BCUT2D eigenvalue weighted by atomic mass is 9.98. The van der Waals surface area contributed by atoms with E-state index in [0.717, 1.165) is 16.3 Å². The summed E-state index contributed by atoms with van der Waals surface area (Å²) in [5, 5.41) is 5.34. The second kappa shape index (κ2) is 6.87. The van der Waals surface area contributed by atoms with E-state index in [2.05, 4.69) is 11.9 Å². The van der Waals surface area contributed by atoms with Crippen LogP contribution in [0.15, 0.2) is 55.1 Å². The summed E-state index contributed by atoms with van der Waals surface area (Å²) in [5.74, 6) is -0.259. The van der Waals surface area contributed by atoms with E-state index in [-0.39, 0.29) is 5.97 Å². The van der Waals surface area contributed by atoms with Crippen LogP contribution >= 0.6 is 0 Å². The zero-order valence-corrected chi connectivity index (χ0v) is 11.6. The lowest BCUT2D eigenvalue weighted by molar-refractivity contribution is -0.145. The van der Waals surface area contributed by atoms with Crippen molar-refractivity contribution in [3.63, 3.8) is 0 Å². The van der Waals surface area contributed by atoms with Crippen molar-refractivity contribution in [2.75, 3.05) is 13.2 Å². The van der Waals surface area contributed by atoms with Crippen molar-refractivity contribution in [1.29, 1.82) is 0 Å². The van der Waals surface area contributed by atoms with E-state index in [1.807, 2.05) is 49.4 Å². The molecule has 2 rings (SSSR count). The average Bonchev–Trinajstić information content (AvgIpc) is 2.48. The second-order valence-corrected chi connectivity index (χ2v) is 4.45. The van der Waals surface area contributed by atoms with Gasteiger partial charge in [0.05, 0.1) is 6.61 Å². The Balaban J connectivity index is 2.44. The minimum Gasteiger partial charge on any atom is -0.465 e. The van der Waals surface area contributed by atoms with E-state index in [1.54, 1.807) is 6.08 Å². The number of ether oxygens (including phenoxy) is 1. The third kappa shape index (κ3) is 3.06. The van der Waals surface area contributed by atoms with Crippen molar-refractivity contribution in [3.05, 3.63) is 60.7 Å². The quantitative estimate of drug-likeness (QED) is 0.646. The van der Waals surface area contributed by atoms with Crippen molar-refractivity contribution in [3.8, 4) is 0 Å². The highest BCUT2D eigenvalue weighted by atomic mass is 16.5. The van der Waals surface area contributed by atoms with Gasteiger partial charge in [0.1, 0.15) is 6.04 Å². The SMILES string of the molecule is C=CCNC(C(=O)OCC)c1cccc2ccccc12. The summed E-state index contributed by atoms with van der Waals surface area (Å²) in [4.78, 5) is 12.2. The zero-order chi connectivity index (χ0) is 14.4. The first-order valence-electron chi connectivity index (χ1n) is 6.76. The monoisotopic (exact) mass is 269 g/mol. The third-order valence-electron chi connectivity index (χ3n) is 3.12. The fourth-order valence-electron chi connectivity index (χ4n) is 2.25. The van der Waals surface area contributed by atoms with Gasteiger partial charge in [-0.3, -0.25) is 5.32 Å². The Morgan fingerprint density at radius 3 is 2.80 bits per heavy atom. The maximum atomic E-state index is 12.2. The lowest BCUT2D eigenvalue weighted by Gasteiger charge is -2.18. The van der Waals surface area contributed by atoms with Gasteiger partial charge in [-0.1, -0.05) is 48.5 Å². The normalized spacial score (nSPS) is 12.1. The smallest absolute Gasteiger partial charge is 0.327 e. The summed E-state index contributed by atoms with van der Waals surface area (Å²) < 4.78 is 5.17. The highest BCUT2D eigenvalue weighted by Crippen LogP contribution is 2.25. The Morgan fingerprint density at radius 2 is 2.05 bits per heavy atom. The minimum atomic E-state index is -0.473. The van der Waals surface area contributed by atoms with E-state index in [4.69, 9.17) is 4.74 Å². The summed E-state index contributed by atoms with van der Waals surface area (Å²) in [6.07, 6.45) is 1.73. The van der Waals surface area contributed by atoms with Crippen LogP contribution in [0, 0.1) is 0 Å². The molecule has 104 valence electrons. The zero-order valence-electron chi connectivity index (χ0n) is 11.6. The van der Waals surface area contributed by atoms with Crippen LogP contribution in [0.4, 0.5) is 0 Å². The maximum absolute atomic E-state index is 12.2. The molecule has 0 saturated carbocycles. The Bertz CT molecular complexity index is 601. The molecule has 0 bridgehead atoms. The molecule has 0 amide bonds. The van der Waals surface area contributed by atoms with E-state index < -0.39 is 6.04 Å². The molecule has 3 nitrogen and oxygen atoms in total. The first-order valence-corrected chi connectivity index (χ1v) is 6.76. The Hall–Kier alpha value is -2.13. The molecule has 2 aromatic rings. The van der Waals surface area contributed by atoms with Crippen LogP contribution in [-0.4, -0.2) is 19.1 Å². The number of benzene rings is 2. The molecule has 20 heavy (non-hydrogen) atoms. The van der Waals surface area contributed by atoms with Crippen LogP contribution in [-0.2, 0) is 9.53 Å². The van der Waals surface area contributed by atoms with Gasteiger partial charge < -0.3 is 4.74 Å². The molecule has 2 aromatic carbocycles. The van der Waals surface area contributed by atoms with Gasteiger partial charge in [-0.2, -0.15) is 0 Å². The molecule has 0 aliphatic rings. The summed E-state index contributed by atoms with van der Waals surface area (Å²) in [6.45, 7) is 6.41. The topological polar surface area (TPSA) is 38.3 Å². The number of fused-ring (bicyclic) bond motifs is 1. The van der Waals surface area contributed by atoms with Gasteiger partial charge >= 0.3 is 5.97 Å². The van der Waals surface area contributed by atoms with Crippen molar-refractivity contribution in [1.82, 2.24) is 5.32 Å². The molecule has 0 aromatic heterocycles. The molecule has 0 aliphatic heterocycles. The highest BCUT2D eigenvalue weighted by Gasteiger charge is 2.22. The fraction of sp³-hybridized carbons (Fsp3) is 0.235. The van der Waals surface area contributed by atoms with Crippen LogP contribution in [0.2, 0.25) is 0 Å². The number of esters is 1. The van der Waals surface area contributed by atoms with Crippen LogP contribution in [0.5, 0.6) is 0 Å². The first-order chi connectivity index (χ1) is 9.77. The predicted octanol–water partition coefficient (Wildman–Crippen LogP) is 3.22. The lowest BCUT2D eigenvalue weighted by Crippen LogP contribution is -2.30. The summed E-state index contributed by atoms with van der Waals surface area (Å²) in [5.41, 5.74) is 0.934. The summed E-state index contributed by atoms with van der Waals surface area (Å²) in [7, 11) is 0.